The van der Waals surface area contributed by atoms with Gasteiger partial charge in [0.05, 0.1) is 17.0 Å². The molecule has 0 spiro atoms. The Balaban J connectivity index is 1.87. The number of thiophene rings is 1. The number of sulfonamides is 1. The Bertz CT molecular complexity index is 984. The highest BCUT2D eigenvalue weighted by atomic mass is 32.2. The molecule has 170 valence electrons. The van der Waals surface area contributed by atoms with E-state index in [1.165, 1.54) is 21.7 Å². The summed E-state index contributed by atoms with van der Waals surface area (Å²) in [5, 5.41) is 6.08. The number of benzene rings is 1. The molecular formula is C20H23F3N2O4S2. The van der Waals surface area contributed by atoms with Gasteiger partial charge in [0.2, 0.25) is 15.9 Å². The van der Waals surface area contributed by atoms with Crippen molar-refractivity contribution in [3.05, 3.63) is 40.6 Å². The number of rotatable bonds is 7. The van der Waals surface area contributed by atoms with Crippen LogP contribution in [0.1, 0.15) is 31.2 Å². The fourth-order valence-electron chi connectivity index (χ4n) is 3.26. The molecule has 1 N–H and O–H groups in total. The molecule has 2 aromatic rings. The maximum Gasteiger partial charge on any atom is 0.422 e. The van der Waals surface area contributed by atoms with Crippen LogP contribution in [-0.2, 0) is 21.2 Å². The monoisotopic (exact) mass is 476 g/mol. The first-order valence-corrected chi connectivity index (χ1v) is 12.2. The number of halogens is 3. The molecule has 1 saturated heterocycles. The molecule has 0 radical (unpaired) electrons. The Morgan fingerprint density at radius 1 is 1.13 bits per heavy atom. The van der Waals surface area contributed by atoms with Gasteiger partial charge in [0.25, 0.3) is 0 Å². The number of hydrogen-bond donors (Lipinski definition) is 1. The summed E-state index contributed by atoms with van der Waals surface area (Å²) in [7, 11) is -3.85. The summed E-state index contributed by atoms with van der Waals surface area (Å²) < 4.78 is 70.2. The first-order valence-electron chi connectivity index (χ1n) is 9.80. The van der Waals surface area contributed by atoms with E-state index < -0.39 is 28.7 Å². The second kappa shape index (κ2) is 10.0. The molecule has 0 bridgehead atoms. The van der Waals surface area contributed by atoms with Gasteiger partial charge in [-0.2, -0.15) is 28.8 Å². The molecule has 3 rings (SSSR count). The molecule has 1 aliphatic heterocycles. The van der Waals surface area contributed by atoms with Gasteiger partial charge in [-0.3, -0.25) is 4.79 Å². The highest BCUT2D eigenvalue weighted by Gasteiger charge is 2.30. The lowest BCUT2D eigenvalue weighted by Crippen LogP contribution is -2.32. The molecular weight excluding hydrogens is 453 g/mol. The quantitative estimate of drug-likeness (QED) is 0.641. The molecule has 0 saturated carbocycles. The zero-order chi connectivity index (χ0) is 22.5. The second-order valence-corrected chi connectivity index (χ2v) is 9.95. The van der Waals surface area contributed by atoms with Crippen LogP contribution in [0.5, 0.6) is 5.75 Å². The van der Waals surface area contributed by atoms with E-state index >= 15 is 0 Å². The zero-order valence-corrected chi connectivity index (χ0v) is 18.3. The molecule has 1 aliphatic rings. The SMILES string of the molecule is O=C(Cc1ccsc1)Nc1cc(S(=O)(=O)N2CCCCCC2)ccc1OCC(F)(F)F. The molecule has 1 aromatic carbocycles. The van der Waals surface area contributed by atoms with E-state index in [0.29, 0.717) is 13.1 Å². The van der Waals surface area contributed by atoms with Gasteiger partial charge in [0.15, 0.2) is 6.61 Å². The molecule has 2 heterocycles. The van der Waals surface area contributed by atoms with Crippen molar-refractivity contribution in [2.24, 2.45) is 0 Å². The molecule has 11 heteroatoms. The van der Waals surface area contributed by atoms with Gasteiger partial charge < -0.3 is 10.1 Å². The fourth-order valence-corrected chi connectivity index (χ4v) is 5.47. The molecule has 1 aromatic heterocycles. The largest absolute Gasteiger partial charge is 0.482 e. The van der Waals surface area contributed by atoms with Crippen molar-refractivity contribution in [3.8, 4) is 5.75 Å². The summed E-state index contributed by atoms with van der Waals surface area (Å²) >= 11 is 1.41. The summed E-state index contributed by atoms with van der Waals surface area (Å²) in [6.07, 6.45) is -1.19. The first kappa shape index (κ1) is 23.6. The standard InChI is InChI=1S/C20H23F3N2O4S2/c21-20(22,23)14-29-18-6-5-16(31(27,28)25-8-3-1-2-4-9-25)12-17(18)24-19(26)11-15-7-10-30-13-15/h5-7,10,12-13H,1-4,8-9,11,14H2,(H,24,26). The lowest BCUT2D eigenvalue weighted by atomic mass is 10.2. The number of anilines is 1. The molecule has 1 amide bonds. The van der Waals surface area contributed by atoms with E-state index in [-0.39, 0.29) is 22.8 Å². The molecule has 6 nitrogen and oxygen atoms in total. The van der Waals surface area contributed by atoms with E-state index in [4.69, 9.17) is 4.74 Å². The van der Waals surface area contributed by atoms with Crippen LogP contribution in [0.2, 0.25) is 0 Å². The van der Waals surface area contributed by atoms with Gasteiger partial charge in [0, 0.05) is 13.1 Å². The van der Waals surface area contributed by atoms with Gasteiger partial charge in [-0.1, -0.05) is 12.8 Å². The van der Waals surface area contributed by atoms with Gasteiger partial charge in [-0.25, -0.2) is 8.42 Å². The summed E-state index contributed by atoms with van der Waals surface area (Å²) in [5.41, 5.74) is 0.633. The van der Waals surface area contributed by atoms with Gasteiger partial charge in [-0.15, -0.1) is 0 Å². The van der Waals surface area contributed by atoms with Crippen LogP contribution >= 0.6 is 11.3 Å². The van der Waals surface area contributed by atoms with Crippen molar-refractivity contribution in [1.82, 2.24) is 4.31 Å². The fraction of sp³-hybridized carbons (Fsp3) is 0.450. The summed E-state index contributed by atoms with van der Waals surface area (Å²) in [6, 6.07) is 5.28. The van der Waals surface area contributed by atoms with Gasteiger partial charge in [-0.05, 0) is 53.4 Å². The van der Waals surface area contributed by atoms with Crippen LogP contribution in [-0.4, -0.2) is 44.5 Å². The Kier molecular flexibility index (Phi) is 7.60. The van der Waals surface area contributed by atoms with E-state index in [1.54, 1.807) is 16.8 Å². The molecule has 1 fully saturated rings. The number of nitrogens with one attached hydrogen (secondary N) is 1. The highest BCUT2D eigenvalue weighted by molar-refractivity contribution is 7.89. The van der Waals surface area contributed by atoms with Gasteiger partial charge in [0.1, 0.15) is 5.75 Å². The minimum absolute atomic E-state index is 0.00527. The molecule has 0 aliphatic carbocycles. The number of alkyl halides is 3. The summed E-state index contributed by atoms with van der Waals surface area (Å²) in [6.45, 7) is -0.790. The highest BCUT2D eigenvalue weighted by Crippen LogP contribution is 2.31. The van der Waals surface area contributed by atoms with Crippen molar-refractivity contribution >= 4 is 33.0 Å². The number of carbonyl (C=O) groups is 1. The van der Waals surface area contributed by atoms with Crippen LogP contribution in [0.3, 0.4) is 0 Å². The minimum atomic E-state index is -4.57. The van der Waals surface area contributed by atoms with Crippen molar-refractivity contribution in [2.45, 2.75) is 43.2 Å². The molecule has 0 unspecified atom stereocenters. The third-order valence-electron chi connectivity index (χ3n) is 4.76. The lowest BCUT2D eigenvalue weighted by Gasteiger charge is -2.21. The Labute approximate surface area is 183 Å². The predicted molar refractivity (Wildman–Crippen MR) is 112 cm³/mol. The van der Waals surface area contributed by atoms with Crippen LogP contribution in [0, 0.1) is 0 Å². The average molecular weight is 477 g/mol. The topological polar surface area (TPSA) is 75.7 Å². The minimum Gasteiger partial charge on any atom is -0.482 e. The third kappa shape index (κ3) is 6.68. The first-order chi connectivity index (χ1) is 14.6. The molecule has 0 atom stereocenters. The number of nitrogens with zero attached hydrogens (tertiary/aromatic N) is 1. The number of amides is 1. The van der Waals surface area contributed by atoms with Crippen molar-refractivity contribution in [3.63, 3.8) is 0 Å². The zero-order valence-electron chi connectivity index (χ0n) is 16.7. The summed E-state index contributed by atoms with van der Waals surface area (Å²) in [4.78, 5) is 12.3. The Morgan fingerprint density at radius 2 is 1.84 bits per heavy atom. The Hall–Kier alpha value is -2.11. The second-order valence-electron chi connectivity index (χ2n) is 7.24. The van der Waals surface area contributed by atoms with Gasteiger partial charge >= 0.3 is 6.18 Å². The van der Waals surface area contributed by atoms with E-state index in [0.717, 1.165) is 43.4 Å². The molecule has 31 heavy (non-hydrogen) atoms. The van der Waals surface area contributed by atoms with Crippen LogP contribution in [0.4, 0.5) is 18.9 Å². The van der Waals surface area contributed by atoms with Crippen molar-refractivity contribution in [1.29, 1.82) is 0 Å². The average Bonchev–Trinajstić information content (AvgIpc) is 3.04. The van der Waals surface area contributed by atoms with E-state index in [1.807, 2.05) is 0 Å². The number of carbonyl (C=O) groups excluding carboxylic acids is 1. The smallest absolute Gasteiger partial charge is 0.422 e. The maximum atomic E-state index is 13.1. The Morgan fingerprint density at radius 3 is 2.45 bits per heavy atom. The number of hydrogen-bond acceptors (Lipinski definition) is 5. The van der Waals surface area contributed by atoms with Crippen LogP contribution in [0.25, 0.3) is 0 Å². The van der Waals surface area contributed by atoms with E-state index in [9.17, 15) is 26.4 Å². The third-order valence-corrected chi connectivity index (χ3v) is 7.39. The van der Waals surface area contributed by atoms with Crippen molar-refractivity contribution < 1.29 is 31.1 Å². The van der Waals surface area contributed by atoms with Crippen LogP contribution in [0.15, 0.2) is 39.9 Å². The maximum absolute atomic E-state index is 13.1. The lowest BCUT2D eigenvalue weighted by molar-refractivity contribution is -0.153. The number of ether oxygens (including phenoxy) is 1. The summed E-state index contributed by atoms with van der Waals surface area (Å²) in [5.74, 6) is -0.731. The predicted octanol–water partition coefficient (Wildman–Crippen LogP) is 4.44. The van der Waals surface area contributed by atoms with E-state index in [2.05, 4.69) is 5.32 Å². The van der Waals surface area contributed by atoms with Crippen molar-refractivity contribution in [2.75, 3.05) is 25.0 Å². The van der Waals surface area contributed by atoms with Crippen LogP contribution < -0.4 is 10.1 Å². The normalized spacial score (nSPS) is 16.0.